The SMILES string of the molecule is O=C1CN2CC[N]CC2CO1. The van der Waals surface area contributed by atoms with Crippen molar-refractivity contribution in [1.82, 2.24) is 10.2 Å². The number of hydrogen-bond acceptors (Lipinski definition) is 3. The maximum atomic E-state index is 10.8. The van der Waals surface area contributed by atoms with Crippen LogP contribution in [0.4, 0.5) is 0 Å². The third-order valence-electron chi connectivity index (χ3n) is 2.17. The van der Waals surface area contributed by atoms with Gasteiger partial charge in [0.05, 0.1) is 12.6 Å². The Morgan fingerprint density at radius 3 is 3.45 bits per heavy atom. The molecule has 0 bridgehead atoms. The van der Waals surface area contributed by atoms with E-state index in [1.807, 2.05) is 0 Å². The predicted octanol–water partition coefficient (Wildman–Crippen LogP) is -1.17. The van der Waals surface area contributed by atoms with Crippen LogP contribution in [-0.4, -0.2) is 49.7 Å². The molecule has 0 spiro atoms. The highest BCUT2D eigenvalue weighted by molar-refractivity contribution is 5.72. The molecule has 2 fully saturated rings. The van der Waals surface area contributed by atoms with Gasteiger partial charge >= 0.3 is 5.97 Å². The van der Waals surface area contributed by atoms with Gasteiger partial charge in [-0.3, -0.25) is 9.69 Å². The molecule has 0 aromatic carbocycles. The van der Waals surface area contributed by atoms with Crippen LogP contribution in [-0.2, 0) is 9.53 Å². The lowest BCUT2D eigenvalue weighted by Gasteiger charge is -2.37. The van der Waals surface area contributed by atoms with Crippen LogP contribution in [0.5, 0.6) is 0 Å². The minimum Gasteiger partial charge on any atom is -0.463 e. The number of rotatable bonds is 0. The summed E-state index contributed by atoms with van der Waals surface area (Å²) >= 11 is 0. The molecule has 2 heterocycles. The van der Waals surface area contributed by atoms with Crippen molar-refractivity contribution in [2.24, 2.45) is 0 Å². The Kier molecular flexibility index (Phi) is 1.79. The highest BCUT2D eigenvalue weighted by Crippen LogP contribution is 2.09. The minimum absolute atomic E-state index is 0.0943. The van der Waals surface area contributed by atoms with E-state index in [1.54, 1.807) is 0 Å². The van der Waals surface area contributed by atoms with Crippen LogP contribution in [0, 0.1) is 0 Å². The zero-order chi connectivity index (χ0) is 7.68. The van der Waals surface area contributed by atoms with Crippen LogP contribution < -0.4 is 5.32 Å². The summed E-state index contributed by atoms with van der Waals surface area (Å²) in [6, 6.07) is 0.362. The summed E-state index contributed by atoms with van der Waals surface area (Å²) in [7, 11) is 0. The average Bonchev–Trinajstić information content (AvgIpc) is 2.04. The van der Waals surface area contributed by atoms with Crippen molar-refractivity contribution in [2.75, 3.05) is 32.8 Å². The molecule has 1 atom stereocenters. The Morgan fingerprint density at radius 1 is 1.64 bits per heavy atom. The molecule has 1 unspecified atom stereocenters. The van der Waals surface area contributed by atoms with Crippen LogP contribution in [0.3, 0.4) is 0 Å². The molecule has 11 heavy (non-hydrogen) atoms. The summed E-state index contributed by atoms with van der Waals surface area (Å²) in [5.41, 5.74) is 0. The minimum atomic E-state index is -0.0943. The van der Waals surface area contributed by atoms with Crippen LogP contribution in [0.15, 0.2) is 0 Å². The largest absolute Gasteiger partial charge is 0.463 e. The number of carbonyl (C=O) groups is 1. The van der Waals surface area contributed by atoms with E-state index < -0.39 is 0 Å². The molecule has 4 nitrogen and oxygen atoms in total. The first kappa shape index (κ1) is 7.06. The molecule has 61 valence electrons. The highest BCUT2D eigenvalue weighted by atomic mass is 16.5. The van der Waals surface area contributed by atoms with Gasteiger partial charge in [-0.25, -0.2) is 5.32 Å². The molecule has 0 aliphatic carbocycles. The molecular weight excluding hydrogens is 144 g/mol. The van der Waals surface area contributed by atoms with Gasteiger partial charge in [0, 0.05) is 19.6 Å². The number of piperazine rings is 1. The zero-order valence-electron chi connectivity index (χ0n) is 6.32. The quantitative estimate of drug-likeness (QED) is 0.414. The zero-order valence-corrected chi connectivity index (χ0v) is 6.32. The molecule has 0 aromatic heterocycles. The first-order valence-electron chi connectivity index (χ1n) is 3.89. The van der Waals surface area contributed by atoms with Crippen molar-refractivity contribution < 1.29 is 9.53 Å². The molecule has 2 aliphatic rings. The van der Waals surface area contributed by atoms with E-state index in [1.165, 1.54) is 0 Å². The van der Waals surface area contributed by atoms with Crippen molar-refractivity contribution >= 4 is 5.97 Å². The van der Waals surface area contributed by atoms with E-state index in [2.05, 4.69) is 10.2 Å². The monoisotopic (exact) mass is 155 g/mol. The molecular formula is C7H11N2O2. The van der Waals surface area contributed by atoms with Gasteiger partial charge in [-0.2, -0.15) is 0 Å². The second-order valence-corrected chi connectivity index (χ2v) is 2.94. The third kappa shape index (κ3) is 1.36. The topological polar surface area (TPSA) is 43.6 Å². The Hall–Kier alpha value is -0.610. The van der Waals surface area contributed by atoms with Crippen molar-refractivity contribution in [2.45, 2.75) is 6.04 Å². The van der Waals surface area contributed by atoms with Gasteiger partial charge in [-0.15, -0.1) is 0 Å². The number of morpholine rings is 1. The lowest BCUT2D eigenvalue weighted by Crippen LogP contribution is -2.56. The maximum Gasteiger partial charge on any atom is 0.320 e. The standard InChI is InChI=1S/C7H11N2O2/c10-7-4-9-2-1-8-3-6(9)5-11-7/h6H,1-5H2. The molecule has 0 amide bonds. The Balaban J connectivity index is 1.98. The van der Waals surface area contributed by atoms with E-state index >= 15 is 0 Å². The van der Waals surface area contributed by atoms with Gasteiger partial charge in [0.25, 0.3) is 0 Å². The fourth-order valence-electron chi connectivity index (χ4n) is 1.50. The van der Waals surface area contributed by atoms with Gasteiger partial charge in [0.1, 0.15) is 6.61 Å². The molecule has 4 heteroatoms. The second-order valence-electron chi connectivity index (χ2n) is 2.94. The fourth-order valence-corrected chi connectivity index (χ4v) is 1.50. The summed E-state index contributed by atoms with van der Waals surface area (Å²) in [6.07, 6.45) is 0. The molecule has 0 aromatic rings. The van der Waals surface area contributed by atoms with E-state index in [-0.39, 0.29) is 5.97 Å². The van der Waals surface area contributed by atoms with Gasteiger partial charge in [-0.1, -0.05) is 0 Å². The highest BCUT2D eigenvalue weighted by Gasteiger charge is 2.29. The number of nitrogens with zero attached hydrogens (tertiary/aromatic N) is 2. The summed E-state index contributed by atoms with van der Waals surface area (Å²) in [5, 5.41) is 4.25. The van der Waals surface area contributed by atoms with Gasteiger partial charge < -0.3 is 4.74 Å². The van der Waals surface area contributed by atoms with Gasteiger partial charge in [-0.05, 0) is 0 Å². The Labute approximate surface area is 65.5 Å². The van der Waals surface area contributed by atoms with Crippen LogP contribution in [0.25, 0.3) is 0 Å². The van der Waals surface area contributed by atoms with Crippen molar-refractivity contribution in [1.29, 1.82) is 0 Å². The summed E-state index contributed by atoms with van der Waals surface area (Å²) < 4.78 is 4.91. The smallest absolute Gasteiger partial charge is 0.320 e. The normalized spacial score (nSPS) is 32.7. The van der Waals surface area contributed by atoms with E-state index in [0.717, 1.165) is 19.6 Å². The maximum absolute atomic E-state index is 10.8. The number of cyclic esters (lactones) is 1. The first-order valence-corrected chi connectivity index (χ1v) is 3.89. The van der Waals surface area contributed by atoms with Crippen molar-refractivity contribution in [3.8, 4) is 0 Å². The van der Waals surface area contributed by atoms with Gasteiger partial charge in [0.2, 0.25) is 0 Å². The summed E-state index contributed by atoms with van der Waals surface area (Å²) in [4.78, 5) is 13.0. The van der Waals surface area contributed by atoms with Crippen LogP contribution in [0.2, 0.25) is 0 Å². The summed E-state index contributed by atoms with van der Waals surface area (Å²) in [5.74, 6) is -0.0943. The number of fused-ring (bicyclic) bond motifs is 1. The van der Waals surface area contributed by atoms with E-state index in [4.69, 9.17) is 4.74 Å². The number of carbonyl (C=O) groups excluding carboxylic acids is 1. The average molecular weight is 155 g/mol. The van der Waals surface area contributed by atoms with Crippen molar-refractivity contribution in [3.63, 3.8) is 0 Å². The molecule has 0 N–H and O–H groups in total. The number of ether oxygens (including phenoxy) is 1. The summed E-state index contributed by atoms with van der Waals surface area (Å²) in [6.45, 7) is 3.60. The molecule has 2 aliphatic heterocycles. The van der Waals surface area contributed by atoms with E-state index in [0.29, 0.717) is 19.2 Å². The predicted molar refractivity (Wildman–Crippen MR) is 38.2 cm³/mol. The van der Waals surface area contributed by atoms with Crippen LogP contribution >= 0.6 is 0 Å². The van der Waals surface area contributed by atoms with Gasteiger partial charge in [0.15, 0.2) is 0 Å². The molecule has 2 saturated heterocycles. The number of esters is 1. The molecule has 2 rings (SSSR count). The Morgan fingerprint density at radius 2 is 2.55 bits per heavy atom. The van der Waals surface area contributed by atoms with E-state index in [9.17, 15) is 4.79 Å². The third-order valence-corrected chi connectivity index (χ3v) is 2.17. The lowest BCUT2D eigenvalue weighted by molar-refractivity contribution is -0.155. The first-order chi connectivity index (χ1) is 5.36. The van der Waals surface area contributed by atoms with Crippen molar-refractivity contribution in [3.05, 3.63) is 0 Å². The molecule has 1 radical (unpaired) electrons. The number of hydrogen-bond donors (Lipinski definition) is 0. The fraction of sp³-hybridized carbons (Fsp3) is 0.857. The second kappa shape index (κ2) is 2.79. The van der Waals surface area contributed by atoms with Crippen LogP contribution in [0.1, 0.15) is 0 Å². The molecule has 0 saturated carbocycles. The lowest BCUT2D eigenvalue weighted by atomic mass is 10.2. The Bertz CT molecular complexity index is 172.